The summed E-state index contributed by atoms with van der Waals surface area (Å²) in [6.07, 6.45) is 2.65. The first-order valence-corrected chi connectivity index (χ1v) is 9.05. The van der Waals surface area contributed by atoms with Crippen molar-refractivity contribution in [2.45, 2.75) is 53.0 Å². The molecule has 0 aliphatic heterocycles. The lowest BCUT2D eigenvalue weighted by molar-refractivity contribution is 0.237. The second kappa shape index (κ2) is 7.79. The van der Waals surface area contributed by atoms with E-state index in [0.29, 0.717) is 6.54 Å². The van der Waals surface area contributed by atoms with E-state index in [9.17, 15) is 4.79 Å². The second-order valence-corrected chi connectivity index (χ2v) is 7.71. The molecule has 0 spiro atoms. The Hall–Kier alpha value is -1.89. The molecule has 0 aliphatic rings. The van der Waals surface area contributed by atoms with E-state index in [-0.39, 0.29) is 18.0 Å². The van der Waals surface area contributed by atoms with Crippen LogP contribution in [-0.2, 0) is 13.5 Å². The Morgan fingerprint density at radius 1 is 1.33 bits per heavy atom. The van der Waals surface area contributed by atoms with Crippen LogP contribution in [0, 0.1) is 20.8 Å². The zero-order valence-corrected chi connectivity index (χ0v) is 16.1. The van der Waals surface area contributed by atoms with Gasteiger partial charge in [-0.2, -0.15) is 5.10 Å². The molecule has 0 saturated heterocycles. The lowest BCUT2D eigenvalue weighted by Gasteiger charge is -2.16. The van der Waals surface area contributed by atoms with Crippen molar-refractivity contribution in [2.75, 3.05) is 6.54 Å². The highest BCUT2D eigenvalue weighted by Gasteiger charge is 2.16. The Labute approximate surface area is 147 Å². The van der Waals surface area contributed by atoms with Crippen molar-refractivity contribution < 1.29 is 4.79 Å². The van der Waals surface area contributed by atoms with E-state index < -0.39 is 0 Å². The molecule has 0 aromatic carbocycles. The minimum atomic E-state index is -0.137. The Morgan fingerprint density at radius 3 is 2.58 bits per heavy atom. The number of amides is 2. The van der Waals surface area contributed by atoms with Gasteiger partial charge in [-0.3, -0.25) is 4.68 Å². The molecule has 0 bridgehead atoms. The number of aryl methyl sites for hydroxylation is 3. The Kier molecular flexibility index (Phi) is 5.99. The van der Waals surface area contributed by atoms with E-state index in [1.165, 1.54) is 10.4 Å². The quantitative estimate of drug-likeness (QED) is 0.842. The van der Waals surface area contributed by atoms with Gasteiger partial charge in [0.15, 0.2) is 0 Å². The van der Waals surface area contributed by atoms with Crippen molar-refractivity contribution in [1.29, 1.82) is 0 Å². The second-order valence-electron chi connectivity index (χ2n) is 6.44. The van der Waals surface area contributed by atoms with E-state index in [1.54, 1.807) is 11.3 Å². The molecule has 0 aliphatic carbocycles. The van der Waals surface area contributed by atoms with Gasteiger partial charge in [0.05, 0.1) is 10.7 Å². The van der Waals surface area contributed by atoms with Crippen LogP contribution in [0.4, 0.5) is 4.79 Å². The zero-order valence-electron chi connectivity index (χ0n) is 15.3. The maximum absolute atomic E-state index is 12.1. The first-order chi connectivity index (χ1) is 11.3. The summed E-state index contributed by atoms with van der Waals surface area (Å²) in [5.74, 6) is 0.215. The number of hydrogen-bond acceptors (Lipinski definition) is 4. The number of carbonyl (C=O) groups excluding carboxylic acids is 1. The number of nitrogens with one attached hydrogen (secondary N) is 2. The molecule has 24 heavy (non-hydrogen) atoms. The molecular weight excluding hydrogens is 322 g/mol. The fourth-order valence-corrected chi connectivity index (χ4v) is 3.50. The normalized spacial score (nSPS) is 13.6. The minimum absolute atomic E-state index is 0.0454. The largest absolute Gasteiger partial charge is 0.337 e. The zero-order chi connectivity index (χ0) is 17.9. The van der Waals surface area contributed by atoms with Gasteiger partial charge >= 0.3 is 6.03 Å². The number of aromatic nitrogens is 3. The number of carbonyl (C=O) groups is 1. The highest BCUT2D eigenvalue weighted by atomic mass is 32.1. The third kappa shape index (κ3) is 4.56. The topological polar surface area (TPSA) is 71.8 Å². The molecule has 132 valence electrons. The maximum atomic E-state index is 12.1. The fraction of sp³-hybridized carbons (Fsp3) is 0.588. The molecule has 0 unspecified atom stereocenters. The van der Waals surface area contributed by atoms with Crippen LogP contribution in [0.5, 0.6) is 0 Å². The summed E-state index contributed by atoms with van der Waals surface area (Å²) >= 11 is 1.68. The lowest BCUT2D eigenvalue weighted by Crippen LogP contribution is -2.42. The van der Waals surface area contributed by atoms with Crippen molar-refractivity contribution >= 4 is 17.4 Å². The van der Waals surface area contributed by atoms with Crippen LogP contribution in [0.25, 0.3) is 0 Å². The molecule has 2 amide bonds. The molecule has 2 atom stereocenters. The van der Waals surface area contributed by atoms with Crippen LogP contribution >= 0.6 is 11.3 Å². The van der Waals surface area contributed by atoms with Crippen LogP contribution in [0.1, 0.15) is 46.6 Å². The molecule has 2 rings (SSSR count). The van der Waals surface area contributed by atoms with E-state index >= 15 is 0 Å². The van der Waals surface area contributed by atoms with Gasteiger partial charge in [0.1, 0.15) is 0 Å². The van der Waals surface area contributed by atoms with E-state index in [1.807, 2.05) is 38.7 Å². The molecular formula is C17H27N5OS. The van der Waals surface area contributed by atoms with Crippen molar-refractivity contribution in [1.82, 2.24) is 25.4 Å². The number of thiazole rings is 1. The number of hydrogen-bond donors (Lipinski definition) is 2. The van der Waals surface area contributed by atoms with E-state index in [4.69, 9.17) is 0 Å². The number of urea groups is 1. The van der Waals surface area contributed by atoms with Gasteiger partial charge < -0.3 is 10.6 Å². The van der Waals surface area contributed by atoms with Crippen LogP contribution in [0.3, 0.4) is 0 Å². The van der Waals surface area contributed by atoms with Gasteiger partial charge in [-0.1, -0.05) is 6.92 Å². The highest BCUT2D eigenvalue weighted by molar-refractivity contribution is 7.11. The molecule has 0 radical (unpaired) electrons. The molecule has 7 heteroatoms. The van der Waals surface area contributed by atoms with Crippen LogP contribution in [0.2, 0.25) is 0 Å². The van der Waals surface area contributed by atoms with Crippen molar-refractivity contribution in [3.8, 4) is 0 Å². The third-order valence-electron chi connectivity index (χ3n) is 4.18. The highest BCUT2D eigenvalue weighted by Crippen LogP contribution is 2.20. The van der Waals surface area contributed by atoms with Crippen molar-refractivity contribution in [3.05, 3.63) is 33.0 Å². The van der Waals surface area contributed by atoms with Crippen LogP contribution < -0.4 is 10.6 Å². The molecule has 6 nitrogen and oxygen atoms in total. The SMILES string of the molecule is Cc1cnc([C@H](C)CNC(=O)N[C@H](C)Cc2c(C)nn(C)c2C)s1. The smallest absolute Gasteiger partial charge is 0.315 e. The summed E-state index contributed by atoms with van der Waals surface area (Å²) in [6.45, 7) is 10.8. The van der Waals surface area contributed by atoms with E-state index in [0.717, 1.165) is 22.8 Å². The first-order valence-electron chi connectivity index (χ1n) is 8.23. The Balaban J connectivity index is 1.81. The predicted molar refractivity (Wildman–Crippen MR) is 97.6 cm³/mol. The third-order valence-corrected chi connectivity index (χ3v) is 5.32. The summed E-state index contributed by atoms with van der Waals surface area (Å²) in [6, 6.07) is -0.0918. The average molecular weight is 350 g/mol. The van der Waals surface area contributed by atoms with Crippen molar-refractivity contribution in [2.24, 2.45) is 7.05 Å². The molecule has 2 heterocycles. The predicted octanol–water partition coefficient (Wildman–Crippen LogP) is 2.84. The summed E-state index contributed by atoms with van der Waals surface area (Å²) in [7, 11) is 1.94. The first kappa shape index (κ1) is 18.4. The van der Waals surface area contributed by atoms with Gasteiger partial charge in [-0.05, 0) is 39.7 Å². The summed E-state index contributed by atoms with van der Waals surface area (Å²) in [5, 5.41) is 11.4. The summed E-state index contributed by atoms with van der Waals surface area (Å²) in [4.78, 5) is 17.7. The van der Waals surface area contributed by atoms with Crippen LogP contribution in [0.15, 0.2) is 6.20 Å². The Bertz CT molecular complexity index is 706. The molecule has 0 saturated carbocycles. The summed E-state index contributed by atoms with van der Waals surface area (Å²) < 4.78 is 1.88. The van der Waals surface area contributed by atoms with Crippen LogP contribution in [-0.4, -0.2) is 33.4 Å². The molecule has 2 aromatic heterocycles. The molecule has 2 aromatic rings. The van der Waals surface area contributed by atoms with Gasteiger partial charge in [-0.15, -0.1) is 11.3 Å². The van der Waals surface area contributed by atoms with E-state index in [2.05, 4.69) is 34.6 Å². The molecule has 0 fully saturated rings. The van der Waals surface area contributed by atoms with Gasteiger partial charge in [-0.25, -0.2) is 9.78 Å². The maximum Gasteiger partial charge on any atom is 0.315 e. The minimum Gasteiger partial charge on any atom is -0.337 e. The lowest BCUT2D eigenvalue weighted by atomic mass is 10.1. The summed E-state index contributed by atoms with van der Waals surface area (Å²) in [5.41, 5.74) is 3.38. The fourth-order valence-electron chi connectivity index (χ4n) is 2.68. The number of rotatable bonds is 6. The standard InChI is InChI=1S/C17H27N5OS/c1-10(16-18-9-12(3)24-16)8-19-17(23)20-11(2)7-15-13(4)21-22(6)14(15)5/h9-11H,7-8H2,1-6H3,(H2,19,20,23)/t10-,11-/m1/s1. The monoisotopic (exact) mass is 349 g/mol. The number of nitrogens with zero attached hydrogens (tertiary/aromatic N) is 3. The molecule has 2 N–H and O–H groups in total. The van der Waals surface area contributed by atoms with Gasteiger partial charge in [0.2, 0.25) is 0 Å². The Morgan fingerprint density at radius 2 is 2.04 bits per heavy atom. The van der Waals surface area contributed by atoms with Crippen molar-refractivity contribution in [3.63, 3.8) is 0 Å². The van der Waals surface area contributed by atoms with Gasteiger partial charge in [0.25, 0.3) is 0 Å². The average Bonchev–Trinajstić information content (AvgIpc) is 3.04. The van der Waals surface area contributed by atoms with Gasteiger partial charge in [0, 0.05) is 42.3 Å².